The standard InChI is InChI=1S/C33H32N2O14.ClH/c1-13-28(40)16(35-20(37)6-7-21(35)38)8-23(48-13)49-18-10-33(45,19(36)12-47-22(39)11-34)9-15-25(18)32(44)27-26(30(15)42)29(41)14-4-3-5-17(46-2)24(14)31(27)43;/h3-7,13,16,18,23,28,40,42,44-45H,8-12,34H2,1-2H3;1H/t13-,16-,18-,23-,28+,33-;/m0./s1. The summed E-state index contributed by atoms with van der Waals surface area (Å²) in [5, 5.41) is 45.9. The van der Waals surface area contributed by atoms with Gasteiger partial charge in [0.05, 0.1) is 48.6 Å². The number of phenolic OH excluding ortho intramolecular Hbond substituents is 2. The Balaban J connectivity index is 0.00000486. The van der Waals surface area contributed by atoms with Gasteiger partial charge in [-0.25, -0.2) is 0 Å². The number of nitrogens with two attached hydrogens (primary N) is 1. The average Bonchev–Trinajstić information content (AvgIpc) is 3.41. The predicted octanol–water partition coefficient (Wildman–Crippen LogP) is -0.101. The lowest BCUT2D eigenvalue weighted by atomic mass is 9.72. The van der Waals surface area contributed by atoms with E-state index in [0.717, 1.165) is 17.1 Å². The molecule has 0 aromatic heterocycles. The molecular formula is C33H33ClN2O14. The number of hydrogen-bond acceptors (Lipinski definition) is 15. The topological polar surface area (TPSA) is 250 Å². The number of methoxy groups -OCH3 is 1. The third-order valence-electron chi connectivity index (χ3n) is 9.29. The summed E-state index contributed by atoms with van der Waals surface area (Å²) in [5.74, 6) is -6.57. The summed E-state index contributed by atoms with van der Waals surface area (Å²) in [4.78, 5) is 78.5. The Hall–Kier alpha value is -4.71. The summed E-state index contributed by atoms with van der Waals surface area (Å²) in [6.45, 7) is -0.0135. The molecule has 0 radical (unpaired) electrons. The lowest BCUT2D eigenvalue weighted by Gasteiger charge is -2.44. The van der Waals surface area contributed by atoms with Crippen molar-refractivity contribution in [3.8, 4) is 17.2 Å². The van der Waals surface area contributed by atoms with Gasteiger partial charge in [0.15, 0.2) is 18.7 Å². The smallest absolute Gasteiger partial charge is 0.320 e. The molecule has 2 aromatic rings. The Kier molecular flexibility index (Phi) is 9.90. The zero-order chi connectivity index (χ0) is 35.5. The van der Waals surface area contributed by atoms with Crippen molar-refractivity contribution in [3.05, 3.63) is 63.7 Å². The van der Waals surface area contributed by atoms with Crippen LogP contribution in [-0.2, 0) is 39.8 Å². The lowest BCUT2D eigenvalue weighted by Crippen LogP contribution is -2.57. The van der Waals surface area contributed by atoms with Crippen LogP contribution < -0.4 is 10.5 Å². The van der Waals surface area contributed by atoms with E-state index in [1.165, 1.54) is 32.2 Å². The molecule has 16 nitrogen and oxygen atoms in total. The van der Waals surface area contributed by atoms with E-state index in [-0.39, 0.29) is 46.8 Å². The molecule has 6 rings (SSSR count). The van der Waals surface area contributed by atoms with Crippen molar-refractivity contribution in [3.63, 3.8) is 0 Å². The summed E-state index contributed by atoms with van der Waals surface area (Å²) < 4.78 is 22.1. The van der Waals surface area contributed by atoms with Crippen molar-refractivity contribution in [1.29, 1.82) is 0 Å². The quantitative estimate of drug-likeness (QED) is 0.116. The number of halogens is 1. The Morgan fingerprint density at radius 3 is 2.34 bits per heavy atom. The summed E-state index contributed by atoms with van der Waals surface area (Å²) in [7, 11) is 1.29. The second-order valence-corrected chi connectivity index (χ2v) is 12.1. The normalized spacial score (nSPS) is 26.9. The summed E-state index contributed by atoms with van der Waals surface area (Å²) in [5.41, 5.74) is 0.846. The highest BCUT2D eigenvalue weighted by Gasteiger charge is 2.51. The molecule has 0 saturated carbocycles. The van der Waals surface area contributed by atoms with Gasteiger partial charge in [0.25, 0.3) is 11.8 Å². The Morgan fingerprint density at radius 2 is 1.70 bits per heavy atom. The second-order valence-electron chi connectivity index (χ2n) is 12.1. The third-order valence-corrected chi connectivity index (χ3v) is 9.29. The molecule has 17 heteroatoms. The van der Waals surface area contributed by atoms with Crippen molar-refractivity contribution in [2.75, 3.05) is 20.3 Å². The molecule has 1 fully saturated rings. The summed E-state index contributed by atoms with van der Waals surface area (Å²) in [6.07, 6.45) is -4.81. The number of amides is 2. The fourth-order valence-corrected chi connectivity index (χ4v) is 6.88. The van der Waals surface area contributed by atoms with E-state index in [0.29, 0.717) is 0 Å². The number of benzene rings is 2. The number of aliphatic hydroxyl groups excluding tert-OH is 1. The number of nitrogens with zero attached hydrogens (tertiary/aromatic N) is 1. The van der Waals surface area contributed by atoms with Crippen LogP contribution in [0.5, 0.6) is 17.2 Å². The fourth-order valence-electron chi connectivity index (χ4n) is 6.88. The number of fused-ring (bicyclic) bond motifs is 3. The van der Waals surface area contributed by atoms with Crippen LogP contribution in [0.2, 0.25) is 0 Å². The number of ether oxygens (including phenoxy) is 4. The van der Waals surface area contributed by atoms with Gasteiger partial charge < -0.3 is 45.1 Å². The molecule has 2 aromatic carbocycles. The van der Waals surface area contributed by atoms with Crippen LogP contribution in [0, 0.1) is 0 Å². The summed E-state index contributed by atoms with van der Waals surface area (Å²) in [6, 6.07) is 3.11. The number of esters is 1. The van der Waals surface area contributed by atoms with Gasteiger partial charge in [-0.15, -0.1) is 12.4 Å². The van der Waals surface area contributed by atoms with Gasteiger partial charge in [-0.1, -0.05) is 12.1 Å². The first-order valence-corrected chi connectivity index (χ1v) is 15.2. The molecule has 0 bridgehead atoms. The largest absolute Gasteiger partial charge is 0.507 e. The maximum absolute atomic E-state index is 13.9. The van der Waals surface area contributed by atoms with Gasteiger partial charge >= 0.3 is 5.97 Å². The maximum atomic E-state index is 13.9. The van der Waals surface area contributed by atoms with Gasteiger partial charge in [-0.3, -0.25) is 33.7 Å². The highest BCUT2D eigenvalue weighted by atomic mass is 35.5. The molecule has 6 atom stereocenters. The molecule has 0 spiro atoms. The van der Waals surface area contributed by atoms with Gasteiger partial charge in [0.2, 0.25) is 11.6 Å². The van der Waals surface area contributed by atoms with Crippen LogP contribution in [0.4, 0.5) is 0 Å². The molecule has 6 N–H and O–H groups in total. The van der Waals surface area contributed by atoms with Gasteiger partial charge in [0.1, 0.15) is 29.0 Å². The number of aliphatic hydroxyl groups is 2. The summed E-state index contributed by atoms with van der Waals surface area (Å²) >= 11 is 0. The third kappa shape index (κ3) is 5.82. The zero-order valence-electron chi connectivity index (χ0n) is 26.6. The Bertz CT molecular complexity index is 1840. The molecule has 0 unspecified atom stereocenters. The second kappa shape index (κ2) is 13.5. The number of rotatable bonds is 8. The van der Waals surface area contributed by atoms with E-state index in [9.17, 15) is 49.2 Å². The minimum atomic E-state index is -2.43. The zero-order valence-corrected chi connectivity index (χ0v) is 27.4. The molecule has 1 saturated heterocycles. The van der Waals surface area contributed by atoms with Crippen LogP contribution in [0.1, 0.15) is 68.8 Å². The maximum Gasteiger partial charge on any atom is 0.320 e. The number of aromatic hydroxyl groups is 2. The number of hydrogen-bond donors (Lipinski definition) is 5. The van der Waals surface area contributed by atoms with E-state index in [2.05, 4.69) is 0 Å². The first kappa shape index (κ1) is 36.6. The van der Waals surface area contributed by atoms with E-state index in [4.69, 9.17) is 24.7 Å². The molecule has 2 amide bonds. The average molecular weight is 717 g/mol. The van der Waals surface area contributed by atoms with E-state index >= 15 is 0 Å². The van der Waals surface area contributed by atoms with E-state index < -0.39 is 120 Å². The van der Waals surface area contributed by atoms with Gasteiger partial charge in [-0.2, -0.15) is 0 Å². The molecule has 266 valence electrons. The first-order valence-electron chi connectivity index (χ1n) is 15.2. The van der Waals surface area contributed by atoms with Crippen LogP contribution in [-0.4, -0.2) is 111 Å². The minimum Gasteiger partial charge on any atom is -0.507 e. The van der Waals surface area contributed by atoms with Crippen LogP contribution in [0.25, 0.3) is 0 Å². The van der Waals surface area contributed by atoms with E-state index in [1.807, 2.05) is 0 Å². The van der Waals surface area contributed by atoms with Crippen molar-refractivity contribution in [2.45, 2.75) is 62.4 Å². The molecule has 4 aliphatic rings. The van der Waals surface area contributed by atoms with E-state index in [1.54, 1.807) is 0 Å². The number of carbonyl (C=O) groups excluding carboxylic acids is 6. The Labute approximate surface area is 289 Å². The van der Waals surface area contributed by atoms with Crippen LogP contribution in [0.15, 0.2) is 30.4 Å². The number of phenols is 2. The highest BCUT2D eigenvalue weighted by molar-refractivity contribution is 6.31. The first-order chi connectivity index (χ1) is 23.2. The fraction of sp³-hybridized carbons (Fsp3) is 0.394. The lowest BCUT2D eigenvalue weighted by molar-refractivity contribution is -0.256. The molecule has 2 heterocycles. The number of carbonyl (C=O) groups is 6. The monoisotopic (exact) mass is 716 g/mol. The van der Waals surface area contributed by atoms with Crippen LogP contribution >= 0.6 is 12.4 Å². The highest BCUT2D eigenvalue weighted by Crippen LogP contribution is 2.52. The molecule has 2 aliphatic heterocycles. The Morgan fingerprint density at radius 1 is 1.04 bits per heavy atom. The predicted molar refractivity (Wildman–Crippen MR) is 169 cm³/mol. The van der Waals surface area contributed by atoms with Crippen molar-refractivity contribution in [2.24, 2.45) is 5.73 Å². The number of Topliss-reactive ketones (excluding diaryl/α,β-unsaturated/α-hetero) is 1. The van der Waals surface area contributed by atoms with Gasteiger partial charge in [-0.05, 0) is 13.0 Å². The van der Waals surface area contributed by atoms with Crippen LogP contribution in [0.3, 0.4) is 0 Å². The molecular weight excluding hydrogens is 684 g/mol. The van der Waals surface area contributed by atoms with Crippen molar-refractivity contribution < 1.29 is 68.1 Å². The minimum absolute atomic E-state index is 0. The van der Waals surface area contributed by atoms with Crippen molar-refractivity contribution >= 4 is 47.5 Å². The SMILES string of the molecule is COc1cccc2c1C(=O)c1c(O)c3c(c(O)c1C2=O)C[C@@](O)(C(=O)COC(=O)CN)C[C@@H]3O[C@H]1C[C@H](N2C(=O)C=CC2=O)[C@H](O)[C@H](C)O1.Cl. The van der Waals surface area contributed by atoms with Gasteiger partial charge in [0, 0.05) is 48.1 Å². The van der Waals surface area contributed by atoms with Crippen molar-refractivity contribution in [1.82, 2.24) is 4.90 Å². The number of ketones is 3. The molecule has 50 heavy (non-hydrogen) atoms. The molecule has 2 aliphatic carbocycles. The number of imide groups is 1.